The lowest BCUT2D eigenvalue weighted by Crippen LogP contribution is -2.30. The van der Waals surface area contributed by atoms with Crippen LogP contribution in [0.3, 0.4) is 0 Å². The van der Waals surface area contributed by atoms with Gasteiger partial charge in [0.2, 0.25) is 0 Å². The number of benzene rings is 2. The van der Waals surface area contributed by atoms with Gasteiger partial charge in [-0.1, -0.05) is 43.5 Å². The third-order valence-corrected chi connectivity index (χ3v) is 4.19. The second-order valence-electron chi connectivity index (χ2n) is 5.61. The predicted molar refractivity (Wildman–Crippen MR) is 82.1 cm³/mol. The first-order valence-electron chi connectivity index (χ1n) is 7.33. The number of hydrogen-bond acceptors (Lipinski definition) is 2. The molecule has 0 aromatic heterocycles. The normalized spacial score (nSPS) is 16.8. The molecule has 100 valence electrons. The maximum absolute atomic E-state index is 6.16. The van der Waals surface area contributed by atoms with Gasteiger partial charge in [0.25, 0.3) is 0 Å². The van der Waals surface area contributed by atoms with Crippen molar-refractivity contribution in [3.05, 3.63) is 42.0 Å². The largest absolute Gasteiger partial charge is 0.398 e. The van der Waals surface area contributed by atoms with Crippen LogP contribution in [0.5, 0.6) is 0 Å². The van der Waals surface area contributed by atoms with E-state index >= 15 is 0 Å². The summed E-state index contributed by atoms with van der Waals surface area (Å²) in [6, 6.07) is 13.4. The highest BCUT2D eigenvalue weighted by atomic mass is 14.9. The molecule has 0 unspecified atom stereocenters. The Balaban J connectivity index is 1.74. The van der Waals surface area contributed by atoms with Crippen molar-refractivity contribution in [2.75, 3.05) is 5.73 Å². The number of hydrogen-bond donors (Lipinski definition) is 2. The third kappa shape index (κ3) is 2.90. The zero-order valence-electron chi connectivity index (χ0n) is 11.4. The summed E-state index contributed by atoms with van der Waals surface area (Å²) < 4.78 is 0. The molecule has 0 radical (unpaired) electrons. The Morgan fingerprint density at radius 3 is 2.42 bits per heavy atom. The minimum atomic E-state index is 0.680. The molecule has 0 saturated heterocycles. The van der Waals surface area contributed by atoms with Crippen molar-refractivity contribution in [2.45, 2.75) is 44.7 Å². The first kappa shape index (κ1) is 12.5. The van der Waals surface area contributed by atoms with E-state index in [1.165, 1.54) is 48.4 Å². The van der Waals surface area contributed by atoms with Gasteiger partial charge in [0.15, 0.2) is 0 Å². The second-order valence-corrected chi connectivity index (χ2v) is 5.61. The molecule has 19 heavy (non-hydrogen) atoms. The Morgan fingerprint density at radius 2 is 1.68 bits per heavy atom. The summed E-state index contributed by atoms with van der Waals surface area (Å²) in [6.45, 7) is 0.890. The zero-order chi connectivity index (χ0) is 13.1. The van der Waals surface area contributed by atoms with E-state index in [1.54, 1.807) is 0 Å². The molecule has 0 atom stereocenters. The molecule has 0 bridgehead atoms. The van der Waals surface area contributed by atoms with E-state index in [4.69, 9.17) is 5.73 Å². The molecule has 3 rings (SSSR count). The SMILES string of the molecule is Nc1cc2ccccc2cc1CNC1CCCCC1. The van der Waals surface area contributed by atoms with Gasteiger partial charge >= 0.3 is 0 Å². The van der Waals surface area contributed by atoms with Crippen molar-refractivity contribution in [3.63, 3.8) is 0 Å². The standard InChI is InChI=1S/C17H22N2/c18-17-11-14-7-5-4-6-13(14)10-15(17)12-19-16-8-2-1-3-9-16/h4-7,10-11,16,19H,1-3,8-9,12,18H2. The maximum Gasteiger partial charge on any atom is 0.0366 e. The molecule has 0 aliphatic heterocycles. The topological polar surface area (TPSA) is 38.0 Å². The third-order valence-electron chi connectivity index (χ3n) is 4.19. The molecule has 2 heteroatoms. The molecule has 2 aromatic rings. The number of nitrogens with two attached hydrogens (primary N) is 1. The van der Waals surface area contributed by atoms with Crippen LogP contribution < -0.4 is 11.1 Å². The van der Waals surface area contributed by atoms with E-state index in [-0.39, 0.29) is 0 Å². The van der Waals surface area contributed by atoms with Crippen LogP contribution in [0.25, 0.3) is 10.8 Å². The predicted octanol–water partition coefficient (Wildman–Crippen LogP) is 3.84. The molecule has 2 aromatic carbocycles. The van der Waals surface area contributed by atoms with Gasteiger partial charge in [0.05, 0.1) is 0 Å². The van der Waals surface area contributed by atoms with Crippen molar-refractivity contribution in [3.8, 4) is 0 Å². The quantitative estimate of drug-likeness (QED) is 0.817. The van der Waals surface area contributed by atoms with Crippen LogP contribution in [-0.4, -0.2) is 6.04 Å². The molecule has 1 aliphatic carbocycles. The number of anilines is 1. The highest BCUT2D eigenvalue weighted by Crippen LogP contribution is 2.23. The number of nitrogens with one attached hydrogen (secondary N) is 1. The molecule has 0 spiro atoms. The number of fused-ring (bicyclic) bond motifs is 1. The van der Waals surface area contributed by atoms with Crippen molar-refractivity contribution in [2.24, 2.45) is 0 Å². The van der Waals surface area contributed by atoms with E-state index in [2.05, 4.69) is 41.7 Å². The summed E-state index contributed by atoms with van der Waals surface area (Å²) in [6.07, 6.45) is 6.76. The fraction of sp³-hybridized carbons (Fsp3) is 0.412. The molecule has 0 heterocycles. The first-order valence-corrected chi connectivity index (χ1v) is 7.33. The Labute approximate surface area is 115 Å². The Bertz CT molecular complexity index is 556. The molecule has 2 nitrogen and oxygen atoms in total. The van der Waals surface area contributed by atoms with Crippen LogP contribution in [0.2, 0.25) is 0 Å². The van der Waals surface area contributed by atoms with Crippen LogP contribution >= 0.6 is 0 Å². The van der Waals surface area contributed by atoms with E-state index in [0.717, 1.165) is 12.2 Å². The fourth-order valence-electron chi connectivity index (χ4n) is 3.02. The molecule has 1 fully saturated rings. The van der Waals surface area contributed by atoms with Gasteiger partial charge in [-0.25, -0.2) is 0 Å². The number of rotatable bonds is 3. The van der Waals surface area contributed by atoms with E-state index in [1.807, 2.05) is 0 Å². The molecular formula is C17H22N2. The molecule has 0 amide bonds. The van der Waals surface area contributed by atoms with Crippen molar-refractivity contribution < 1.29 is 0 Å². The lowest BCUT2D eigenvalue weighted by molar-refractivity contribution is 0.372. The summed E-state index contributed by atoms with van der Waals surface area (Å²) >= 11 is 0. The molecule has 1 saturated carbocycles. The summed E-state index contributed by atoms with van der Waals surface area (Å²) in [4.78, 5) is 0. The van der Waals surface area contributed by atoms with Gasteiger partial charge in [0, 0.05) is 18.3 Å². The van der Waals surface area contributed by atoms with Gasteiger partial charge in [-0.05, 0) is 41.3 Å². The molecule has 1 aliphatic rings. The number of nitrogen functional groups attached to an aromatic ring is 1. The summed E-state index contributed by atoms with van der Waals surface area (Å²) in [5.41, 5.74) is 8.29. The van der Waals surface area contributed by atoms with Crippen LogP contribution in [0.15, 0.2) is 36.4 Å². The summed E-state index contributed by atoms with van der Waals surface area (Å²) in [5.74, 6) is 0. The zero-order valence-corrected chi connectivity index (χ0v) is 11.4. The van der Waals surface area contributed by atoms with Gasteiger partial charge in [0.1, 0.15) is 0 Å². The monoisotopic (exact) mass is 254 g/mol. The average molecular weight is 254 g/mol. The highest BCUT2D eigenvalue weighted by Gasteiger charge is 2.13. The Morgan fingerprint density at radius 1 is 1.00 bits per heavy atom. The van der Waals surface area contributed by atoms with E-state index in [0.29, 0.717) is 6.04 Å². The highest BCUT2D eigenvalue weighted by molar-refractivity contribution is 5.86. The van der Waals surface area contributed by atoms with Gasteiger partial charge < -0.3 is 11.1 Å². The molecule has 3 N–H and O–H groups in total. The Kier molecular flexibility index (Phi) is 3.69. The van der Waals surface area contributed by atoms with Crippen molar-refractivity contribution in [1.82, 2.24) is 5.32 Å². The summed E-state index contributed by atoms with van der Waals surface area (Å²) in [7, 11) is 0. The van der Waals surface area contributed by atoms with Gasteiger partial charge in [-0.2, -0.15) is 0 Å². The van der Waals surface area contributed by atoms with Crippen molar-refractivity contribution >= 4 is 16.5 Å². The minimum absolute atomic E-state index is 0.680. The van der Waals surface area contributed by atoms with Gasteiger partial charge in [-0.3, -0.25) is 0 Å². The Hall–Kier alpha value is -1.54. The van der Waals surface area contributed by atoms with Crippen LogP contribution in [-0.2, 0) is 6.54 Å². The van der Waals surface area contributed by atoms with Crippen LogP contribution in [0.1, 0.15) is 37.7 Å². The maximum atomic E-state index is 6.16. The minimum Gasteiger partial charge on any atom is -0.398 e. The fourth-order valence-corrected chi connectivity index (χ4v) is 3.02. The van der Waals surface area contributed by atoms with Gasteiger partial charge in [-0.15, -0.1) is 0 Å². The lowest BCUT2D eigenvalue weighted by Gasteiger charge is -2.23. The average Bonchev–Trinajstić information content (AvgIpc) is 2.46. The van der Waals surface area contributed by atoms with Crippen LogP contribution in [0.4, 0.5) is 5.69 Å². The lowest BCUT2D eigenvalue weighted by atomic mass is 9.95. The van der Waals surface area contributed by atoms with Crippen molar-refractivity contribution in [1.29, 1.82) is 0 Å². The second kappa shape index (κ2) is 5.62. The molecular weight excluding hydrogens is 232 g/mol. The summed E-state index contributed by atoms with van der Waals surface area (Å²) in [5, 5.41) is 6.16. The smallest absolute Gasteiger partial charge is 0.0366 e. The van der Waals surface area contributed by atoms with Crippen LogP contribution in [0, 0.1) is 0 Å². The van der Waals surface area contributed by atoms with E-state index in [9.17, 15) is 0 Å². The van der Waals surface area contributed by atoms with E-state index < -0.39 is 0 Å². The first-order chi connectivity index (χ1) is 9.33.